The highest BCUT2D eigenvalue weighted by molar-refractivity contribution is 5.19. The van der Waals surface area contributed by atoms with Gasteiger partial charge in [-0.25, -0.2) is 4.39 Å². The lowest BCUT2D eigenvalue weighted by Crippen LogP contribution is -2.43. The minimum absolute atomic E-state index is 0.147. The van der Waals surface area contributed by atoms with E-state index >= 15 is 0 Å². The Morgan fingerprint density at radius 2 is 1.89 bits per heavy atom. The molecule has 1 nitrogen and oxygen atoms in total. The van der Waals surface area contributed by atoms with Crippen LogP contribution in [-0.4, -0.2) is 6.04 Å². The summed E-state index contributed by atoms with van der Waals surface area (Å²) in [7, 11) is 0. The Balaban J connectivity index is 2.04. The molecule has 0 bridgehead atoms. The molecule has 1 saturated carbocycles. The van der Waals surface area contributed by atoms with Crippen LogP contribution in [0.15, 0.2) is 24.3 Å². The lowest BCUT2D eigenvalue weighted by Gasteiger charge is -2.37. The first-order valence-electron chi connectivity index (χ1n) is 7.09. The van der Waals surface area contributed by atoms with Gasteiger partial charge in [-0.05, 0) is 49.3 Å². The lowest BCUT2D eigenvalue weighted by molar-refractivity contribution is 0.196. The van der Waals surface area contributed by atoms with Gasteiger partial charge in [-0.15, -0.1) is 0 Å². The van der Waals surface area contributed by atoms with Gasteiger partial charge in [-0.3, -0.25) is 0 Å². The van der Waals surface area contributed by atoms with Crippen molar-refractivity contribution in [1.82, 2.24) is 5.32 Å². The van der Waals surface area contributed by atoms with Gasteiger partial charge in [0.2, 0.25) is 0 Å². The zero-order valence-electron chi connectivity index (χ0n) is 11.6. The zero-order chi connectivity index (χ0) is 13.1. The smallest absolute Gasteiger partial charge is 0.123 e. The van der Waals surface area contributed by atoms with Crippen molar-refractivity contribution in [3.63, 3.8) is 0 Å². The quantitative estimate of drug-likeness (QED) is 0.842. The molecule has 3 atom stereocenters. The van der Waals surface area contributed by atoms with Gasteiger partial charge >= 0.3 is 0 Å². The van der Waals surface area contributed by atoms with Crippen molar-refractivity contribution in [3.05, 3.63) is 35.6 Å². The number of hydrogen-bond donors (Lipinski definition) is 1. The highest BCUT2D eigenvalue weighted by atomic mass is 19.1. The Bertz CT molecular complexity index is 380. The van der Waals surface area contributed by atoms with E-state index < -0.39 is 0 Å². The molecule has 2 unspecified atom stereocenters. The van der Waals surface area contributed by atoms with Crippen LogP contribution in [0.3, 0.4) is 0 Å². The van der Waals surface area contributed by atoms with Gasteiger partial charge in [0.25, 0.3) is 0 Å². The minimum Gasteiger partial charge on any atom is -0.307 e. The molecule has 1 aliphatic carbocycles. The summed E-state index contributed by atoms with van der Waals surface area (Å²) >= 11 is 0. The van der Waals surface area contributed by atoms with E-state index in [1.807, 2.05) is 6.07 Å². The van der Waals surface area contributed by atoms with Crippen LogP contribution in [0.5, 0.6) is 0 Å². The molecular weight excluding hydrogens is 225 g/mol. The van der Waals surface area contributed by atoms with Crippen LogP contribution in [0.4, 0.5) is 4.39 Å². The lowest BCUT2D eigenvalue weighted by atomic mass is 9.78. The van der Waals surface area contributed by atoms with E-state index in [0.29, 0.717) is 17.9 Å². The number of hydrogen-bond acceptors (Lipinski definition) is 1. The van der Waals surface area contributed by atoms with Gasteiger partial charge in [0, 0.05) is 12.1 Å². The molecule has 0 radical (unpaired) electrons. The van der Waals surface area contributed by atoms with Crippen LogP contribution in [0.25, 0.3) is 0 Å². The van der Waals surface area contributed by atoms with Crippen molar-refractivity contribution in [1.29, 1.82) is 0 Å². The van der Waals surface area contributed by atoms with Crippen molar-refractivity contribution in [2.45, 2.75) is 52.1 Å². The van der Waals surface area contributed by atoms with Crippen molar-refractivity contribution >= 4 is 0 Å². The fourth-order valence-corrected chi connectivity index (χ4v) is 3.17. The molecule has 1 aromatic carbocycles. The monoisotopic (exact) mass is 249 g/mol. The van der Waals surface area contributed by atoms with Gasteiger partial charge in [-0.1, -0.05) is 32.4 Å². The van der Waals surface area contributed by atoms with Crippen LogP contribution in [0, 0.1) is 17.7 Å². The van der Waals surface area contributed by atoms with Crippen LogP contribution >= 0.6 is 0 Å². The molecule has 1 aliphatic rings. The fourth-order valence-electron chi connectivity index (χ4n) is 3.17. The molecule has 0 aromatic heterocycles. The SMILES string of the molecule is CC1CCCC(C)C1N[C@@H](C)c1cccc(F)c1. The molecule has 1 fully saturated rings. The molecule has 0 amide bonds. The highest BCUT2D eigenvalue weighted by Gasteiger charge is 2.28. The second kappa shape index (κ2) is 5.83. The Hall–Kier alpha value is -0.890. The van der Waals surface area contributed by atoms with Crippen LogP contribution in [0.1, 0.15) is 51.6 Å². The summed E-state index contributed by atoms with van der Waals surface area (Å²) in [5.74, 6) is 1.28. The van der Waals surface area contributed by atoms with Gasteiger partial charge in [0.05, 0.1) is 0 Å². The maximum absolute atomic E-state index is 13.2. The predicted molar refractivity (Wildman–Crippen MR) is 73.9 cm³/mol. The molecule has 2 rings (SSSR count). The summed E-state index contributed by atoms with van der Waals surface area (Å²) in [4.78, 5) is 0. The number of halogens is 1. The summed E-state index contributed by atoms with van der Waals surface area (Å²) in [6.07, 6.45) is 3.95. The Morgan fingerprint density at radius 1 is 1.22 bits per heavy atom. The molecule has 0 aliphatic heterocycles. The first kappa shape index (κ1) is 13.5. The van der Waals surface area contributed by atoms with Crippen molar-refractivity contribution in [2.75, 3.05) is 0 Å². The standard InChI is InChI=1S/C16H24FN/c1-11-6-4-7-12(2)16(11)18-13(3)14-8-5-9-15(17)10-14/h5,8-13,16,18H,4,6-7H2,1-3H3/t11?,12?,13-,16?/m0/s1. The van der Waals surface area contributed by atoms with Gasteiger partial charge in [-0.2, -0.15) is 0 Å². The van der Waals surface area contributed by atoms with Crippen LogP contribution in [-0.2, 0) is 0 Å². The maximum Gasteiger partial charge on any atom is 0.123 e. The summed E-state index contributed by atoms with van der Waals surface area (Å²) in [5, 5.41) is 3.70. The molecule has 18 heavy (non-hydrogen) atoms. The predicted octanol–water partition coefficient (Wildman–Crippen LogP) is 4.30. The molecule has 0 spiro atoms. The third-order valence-corrected chi connectivity index (χ3v) is 4.34. The minimum atomic E-state index is -0.147. The van der Waals surface area contributed by atoms with Gasteiger partial charge < -0.3 is 5.32 Å². The van der Waals surface area contributed by atoms with Crippen molar-refractivity contribution < 1.29 is 4.39 Å². The Labute approximate surface area is 110 Å². The average Bonchev–Trinajstić information content (AvgIpc) is 2.34. The van der Waals surface area contributed by atoms with E-state index in [1.54, 1.807) is 12.1 Å². The average molecular weight is 249 g/mol. The van der Waals surface area contributed by atoms with E-state index in [2.05, 4.69) is 26.1 Å². The van der Waals surface area contributed by atoms with Gasteiger partial charge in [0.15, 0.2) is 0 Å². The maximum atomic E-state index is 13.2. The third-order valence-electron chi connectivity index (χ3n) is 4.34. The first-order valence-corrected chi connectivity index (χ1v) is 7.09. The molecule has 1 N–H and O–H groups in total. The van der Waals surface area contributed by atoms with Crippen LogP contribution in [0.2, 0.25) is 0 Å². The van der Waals surface area contributed by atoms with Crippen molar-refractivity contribution in [2.24, 2.45) is 11.8 Å². The topological polar surface area (TPSA) is 12.0 Å². The summed E-state index contributed by atoms with van der Waals surface area (Å²) in [5.41, 5.74) is 1.04. The van der Waals surface area contributed by atoms with E-state index in [9.17, 15) is 4.39 Å². The van der Waals surface area contributed by atoms with Crippen molar-refractivity contribution in [3.8, 4) is 0 Å². The number of rotatable bonds is 3. The molecular formula is C16H24FN. The van der Waals surface area contributed by atoms with Crippen LogP contribution < -0.4 is 5.32 Å². The van der Waals surface area contributed by atoms with E-state index in [0.717, 1.165) is 5.56 Å². The molecule has 1 aromatic rings. The van der Waals surface area contributed by atoms with Gasteiger partial charge in [0.1, 0.15) is 5.82 Å². The van der Waals surface area contributed by atoms with E-state index in [4.69, 9.17) is 0 Å². The first-order chi connectivity index (χ1) is 8.58. The normalized spacial score (nSPS) is 30.1. The highest BCUT2D eigenvalue weighted by Crippen LogP contribution is 2.30. The Morgan fingerprint density at radius 3 is 2.50 bits per heavy atom. The third kappa shape index (κ3) is 3.11. The second-order valence-corrected chi connectivity index (χ2v) is 5.85. The summed E-state index contributed by atoms with van der Waals surface area (Å²) in [6, 6.07) is 7.69. The summed E-state index contributed by atoms with van der Waals surface area (Å²) < 4.78 is 13.2. The largest absolute Gasteiger partial charge is 0.307 e. The molecule has 100 valence electrons. The number of benzene rings is 1. The Kier molecular flexibility index (Phi) is 4.39. The molecule has 0 heterocycles. The molecule has 0 saturated heterocycles. The van der Waals surface area contributed by atoms with E-state index in [1.165, 1.54) is 25.3 Å². The molecule has 2 heteroatoms. The second-order valence-electron chi connectivity index (χ2n) is 5.85. The number of nitrogens with one attached hydrogen (secondary N) is 1. The van der Waals surface area contributed by atoms with E-state index in [-0.39, 0.29) is 11.9 Å². The fraction of sp³-hybridized carbons (Fsp3) is 0.625. The zero-order valence-corrected chi connectivity index (χ0v) is 11.6. The summed E-state index contributed by atoms with van der Waals surface area (Å²) in [6.45, 7) is 6.78.